The van der Waals surface area contributed by atoms with E-state index in [1.807, 2.05) is 0 Å². The summed E-state index contributed by atoms with van der Waals surface area (Å²) in [6.45, 7) is 1.53. The van der Waals surface area contributed by atoms with Crippen molar-refractivity contribution in [3.8, 4) is 5.75 Å². The SMILES string of the molecule is CC1(CCc2ccc(O)c(F)c2)NC(=O)N(NC(=O)Nc2ccc(Br)cc2)C1=O. The third-order valence-corrected chi connectivity index (χ3v) is 5.03. The molecule has 1 aliphatic rings. The van der Waals surface area contributed by atoms with Crippen molar-refractivity contribution in [2.24, 2.45) is 0 Å². The first-order valence-corrected chi connectivity index (χ1v) is 9.44. The molecule has 8 nitrogen and oxygen atoms in total. The van der Waals surface area contributed by atoms with Gasteiger partial charge >= 0.3 is 12.1 Å². The van der Waals surface area contributed by atoms with Crippen LogP contribution in [-0.2, 0) is 11.2 Å². The Kier molecular flexibility index (Phi) is 5.73. The van der Waals surface area contributed by atoms with E-state index >= 15 is 0 Å². The number of rotatable bonds is 5. The molecular formula is C19H18BrFN4O4. The summed E-state index contributed by atoms with van der Waals surface area (Å²) in [6.07, 6.45) is 0.451. The molecule has 3 rings (SSSR count). The summed E-state index contributed by atoms with van der Waals surface area (Å²) in [4.78, 5) is 37.0. The average Bonchev–Trinajstić information content (AvgIpc) is 2.88. The molecular weight excluding hydrogens is 447 g/mol. The van der Waals surface area contributed by atoms with Gasteiger partial charge in [0.05, 0.1) is 0 Å². The Labute approximate surface area is 174 Å². The number of urea groups is 2. The summed E-state index contributed by atoms with van der Waals surface area (Å²) < 4.78 is 14.3. The van der Waals surface area contributed by atoms with Crippen molar-refractivity contribution in [2.45, 2.75) is 25.3 Å². The lowest BCUT2D eigenvalue weighted by Crippen LogP contribution is -2.50. The van der Waals surface area contributed by atoms with Gasteiger partial charge in [-0.1, -0.05) is 22.0 Å². The molecule has 1 heterocycles. The number of nitrogens with one attached hydrogen (secondary N) is 3. The van der Waals surface area contributed by atoms with Gasteiger partial charge in [0.25, 0.3) is 5.91 Å². The largest absolute Gasteiger partial charge is 0.505 e. The van der Waals surface area contributed by atoms with Crippen LogP contribution in [0.25, 0.3) is 0 Å². The van der Waals surface area contributed by atoms with E-state index in [2.05, 4.69) is 32.0 Å². The monoisotopic (exact) mass is 464 g/mol. The number of anilines is 1. The highest BCUT2D eigenvalue weighted by Crippen LogP contribution is 2.24. The molecule has 1 fully saturated rings. The number of aryl methyl sites for hydroxylation is 1. The average molecular weight is 465 g/mol. The fourth-order valence-electron chi connectivity index (χ4n) is 2.85. The van der Waals surface area contributed by atoms with Crippen LogP contribution in [-0.4, -0.2) is 33.6 Å². The van der Waals surface area contributed by atoms with E-state index in [4.69, 9.17) is 0 Å². The number of amides is 5. The molecule has 0 aromatic heterocycles. The Balaban J connectivity index is 1.62. The van der Waals surface area contributed by atoms with Crippen molar-refractivity contribution < 1.29 is 23.9 Å². The smallest absolute Gasteiger partial charge is 0.344 e. The van der Waals surface area contributed by atoms with Crippen LogP contribution in [0.3, 0.4) is 0 Å². The maximum atomic E-state index is 13.5. The molecule has 0 spiro atoms. The van der Waals surface area contributed by atoms with Gasteiger partial charge in [-0.3, -0.25) is 4.79 Å². The van der Waals surface area contributed by atoms with Crippen molar-refractivity contribution in [3.63, 3.8) is 0 Å². The zero-order chi connectivity index (χ0) is 21.2. The molecule has 0 saturated carbocycles. The van der Waals surface area contributed by atoms with E-state index < -0.39 is 35.1 Å². The third kappa shape index (κ3) is 4.65. The Morgan fingerprint density at radius 3 is 2.59 bits per heavy atom. The standard InChI is InChI=1S/C19H18BrFN4O4/c1-19(9-8-11-2-7-15(26)14(21)10-11)16(27)25(18(29)23-19)24-17(28)22-13-5-3-12(20)4-6-13/h2-7,10,26H,8-9H2,1H3,(H,23,29)(H2,22,24,28). The van der Waals surface area contributed by atoms with Crippen molar-refractivity contribution in [1.82, 2.24) is 15.8 Å². The number of phenolic OH excluding ortho intramolecular Hbond substituents is 1. The summed E-state index contributed by atoms with van der Waals surface area (Å²) in [6, 6.07) is 9.17. The number of phenols is 1. The number of hydrazine groups is 1. The van der Waals surface area contributed by atoms with Gasteiger partial charge in [-0.25, -0.2) is 19.4 Å². The lowest BCUT2D eigenvalue weighted by molar-refractivity contribution is -0.132. The number of imide groups is 1. The predicted molar refractivity (Wildman–Crippen MR) is 106 cm³/mol. The number of nitrogens with zero attached hydrogens (tertiary/aromatic N) is 1. The summed E-state index contributed by atoms with van der Waals surface area (Å²) in [5, 5.41) is 14.9. The minimum Gasteiger partial charge on any atom is -0.505 e. The lowest BCUT2D eigenvalue weighted by Gasteiger charge is -2.21. The van der Waals surface area contributed by atoms with Crippen LogP contribution >= 0.6 is 15.9 Å². The molecule has 1 aliphatic heterocycles. The summed E-state index contributed by atoms with van der Waals surface area (Å²) >= 11 is 3.28. The third-order valence-electron chi connectivity index (χ3n) is 4.50. The second kappa shape index (κ2) is 8.08. The topological polar surface area (TPSA) is 111 Å². The normalized spacial score (nSPS) is 18.5. The molecule has 1 unspecified atom stereocenters. The Morgan fingerprint density at radius 1 is 1.24 bits per heavy atom. The van der Waals surface area contributed by atoms with Gasteiger partial charge in [0.2, 0.25) is 0 Å². The second-order valence-electron chi connectivity index (χ2n) is 6.76. The second-order valence-corrected chi connectivity index (χ2v) is 7.68. The van der Waals surface area contributed by atoms with Crippen molar-refractivity contribution in [3.05, 3.63) is 58.3 Å². The van der Waals surface area contributed by atoms with Gasteiger partial charge < -0.3 is 15.7 Å². The molecule has 2 aromatic carbocycles. The molecule has 0 bridgehead atoms. The lowest BCUT2D eigenvalue weighted by atomic mass is 9.93. The maximum Gasteiger partial charge on any atom is 0.344 e. The highest BCUT2D eigenvalue weighted by atomic mass is 79.9. The highest BCUT2D eigenvalue weighted by Gasteiger charge is 2.48. The van der Waals surface area contributed by atoms with Crippen molar-refractivity contribution >= 4 is 39.6 Å². The number of aromatic hydroxyl groups is 1. The van der Waals surface area contributed by atoms with Crippen LogP contribution in [0, 0.1) is 5.82 Å². The first-order valence-electron chi connectivity index (χ1n) is 8.65. The molecule has 152 valence electrons. The van der Waals surface area contributed by atoms with Crippen LogP contribution in [0.4, 0.5) is 19.7 Å². The Morgan fingerprint density at radius 2 is 1.93 bits per heavy atom. The minimum atomic E-state index is -1.27. The van der Waals surface area contributed by atoms with E-state index in [9.17, 15) is 23.9 Å². The number of carbonyl (C=O) groups is 3. The predicted octanol–water partition coefficient (Wildman–Crippen LogP) is 3.27. The van der Waals surface area contributed by atoms with E-state index in [-0.39, 0.29) is 12.8 Å². The van der Waals surface area contributed by atoms with Crippen molar-refractivity contribution in [2.75, 3.05) is 5.32 Å². The van der Waals surface area contributed by atoms with Crippen LogP contribution < -0.4 is 16.1 Å². The van der Waals surface area contributed by atoms with E-state index in [0.29, 0.717) is 16.3 Å². The molecule has 1 saturated heterocycles. The van der Waals surface area contributed by atoms with Crippen LogP contribution in [0.15, 0.2) is 46.9 Å². The van der Waals surface area contributed by atoms with Gasteiger partial charge in [-0.05, 0) is 61.7 Å². The van der Waals surface area contributed by atoms with E-state index in [0.717, 1.165) is 4.47 Å². The van der Waals surface area contributed by atoms with Gasteiger partial charge in [0, 0.05) is 10.2 Å². The summed E-state index contributed by atoms with van der Waals surface area (Å²) in [5.74, 6) is -1.85. The molecule has 29 heavy (non-hydrogen) atoms. The quantitative estimate of drug-likeness (QED) is 0.508. The molecule has 5 amide bonds. The fourth-order valence-corrected chi connectivity index (χ4v) is 3.11. The Bertz CT molecular complexity index is 969. The van der Waals surface area contributed by atoms with Gasteiger partial charge in [-0.2, -0.15) is 5.01 Å². The highest BCUT2D eigenvalue weighted by molar-refractivity contribution is 9.10. The Hall–Kier alpha value is -3.14. The fraction of sp³-hybridized carbons (Fsp3) is 0.211. The molecule has 0 radical (unpaired) electrons. The zero-order valence-corrected chi connectivity index (χ0v) is 16.9. The van der Waals surface area contributed by atoms with Crippen LogP contribution in [0.2, 0.25) is 0 Å². The first-order chi connectivity index (χ1) is 13.7. The van der Waals surface area contributed by atoms with Crippen molar-refractivity contribution in [1.29, 1.82) is 0 Å². The first kappa shape index (κ1) is 20.6. The van der Waals surface area contributed by atoms with Crippen LogP contribution in [0.5, 0.6) is 5.75 Å². The molecule has 1 atom stereocenters. The molecule has 10 heteroatoms. The number of carbonyl (C=O) groups excluding carboxylic acids is 3. The summed E-state index contributed by atoms with van der Waals surface area (Å²) in [5.41, 5.74) is 2.00. The van der Waals surface area contributed by atoms with Gasteiger partial charge in [-0.15, -0.1) is 0 Å². The molecule has 0 aliphatic carbocycles. The van der Waals surface area contributed by atoms with E-state index in [1.54, 1.807) is 24.3 Å². The number of hydrogen-bond donors (Lipinski definition) is 4. The van der Waals surface area contributed by atoms with Gasteiger partial charge in [0.15, 0.2) is 11.6 Å². The zero-order valence-electron chi connectivity index (χ0n) is 15.3. The van der Waals surface area contributed by atoms with Crippen LogP contribution in [0.1, 0.15) is 18.9 Å². The van der Waals surface area contributed by atoms with E-state index in [1.165, 1.54) is 25.1 Å². The maximum absolute atomic E-state index is 13.5. The molecule has 2 aromatic rings. The number of benzene rings is 2. The van der Waals surface area contributed by atoms with Gasteiger partial charge in [0.1, 0.15) is 5.54 Å². The molecule has 4 N–H and O–H groups in total. The number of halogens is 2. The number of hydrogen-bond acceptors (Lipinski definition) is 4. The summed E-state index contributed by atoms with van der Waals surface area (Å²) in [7, 11) is 0. The minimum absolute atomic E-state index is 0.175.